The van der Waals surface area contributed by atoms with E-state index in [2.05, 4.69) is 16.3 Å². The molecule has 0 aliphatic carbocycles. The fraction of sp³-hybridized carbons (Fsp3) is 0.529. The van der Waals surface area contributed by atoms with Crippen LogP contribution in [0.15, 0.2) is 24.3 Å². The van der Waals surface area contributed by atoms with Crippen LogP contribution in [0.25, 0.3) is 0 Å². The number of piperazine rings is 1. The SMILES string of the molecule is CC(=O)N1CCN(Cc2cccc(NC(=O)CN(C)C)c2)CC1. The topological polar surface area (TPSA) is 55.9 Å². The van der Waals surface area contributed by atoms with Crippen LogP contribution >= 0.6 is 0 Å². The highest BCUT2D eigenvalue weighted by atomic mass is 16.2. The number of nitrogens with zero attached hydrogens (tertiary/aromatic N) is 3. The van der Waals surface area contributed by atoms with Crippen molar-refractivity contribution in [3.05, 3.63) is 29.8 Å². The van der Waals surface area contributed by atoms with Gasteiger partial charge < -0.3 is 15.1 Å². The van der Waals surface area contributed by atoms with E-state index in [0.717, 1.165) is 38.4 Å². The number of carbonyl (C=O) groups is 2. The van der Waals surface area contributed by atoms with Gasteiger partial charge in [0.25, 0.3) is 0 Å². The van der Waals surface area contributed by atoms with Crippen molar-refractivity contribution in [2.24, 2.45) is 0 Å². The first-order valence-electron chi connectivity index (χ1n) is 7.95. The average molecular weight is 318 g/mol. The van der Waals surface area contributed by atoms with Gasteiger partial charge >= 0.3 is 0 Å². The van der Waals surface area contributed by atoms with Crippen molar-refractivity contribution < 1.29 is 9.59 Å². The first kappa shape index (κ1) is 17.4. The Bertz CT molecular complexity index is 551. The minimum Gasteiger partial charge on any atom is -0.340 e. The first-order chi connectivity index (χ1) is 10.9. The molecule has 1 saturated heterocycles. The van der Waals surface area contributed by atoms with Crippen molar-refractivity contribution in [1.29, 1.82) is 0 Å². The van der Waals surface area contributed by atoms with E-state index >= 15 is 0 Å². The molecule has 1 aliphatic heterocycles. The summed E-state index contributed by atoms with van der Waals surface area (Å²) in [5, 5.41) is 2.92. The molecule has 1 aliphatic rings. The largest absolute Gasteiger partial charge is 0.340 e. The number of likely N-dealkylation sites (N-methyl/N-ethyl adjacent to an activating group) is 1. The van der Waals surface area contributed by atoms with Gasteiger partial charge in [-0.05, 0) is 31.8 Å². The molecule has 2 rings (SSSR count). The summed E-state index contributed by atoms with van der Waals surface area (Å²) in [6.07, 6.45) is 0. The summed E-state index contributed by atoms with van der Waals surface area (Å²) in [7, 11) is 3.74. The number of nitrogens with one attached hydrogen (secondary N) is 1. The molecular weight excluding hydrogens is 292 g/mol. The second-order valence-electron chi connectivity index (χ2n) is 6.27. The van der Waals surface area contributed by atoms with Crippen molar-refractivity contribution >= 4 is 17.5 Å². The lowest BCUT2D eigenvalue weighted by atomic mass is 10.1. The summed E-state index contributed by atoms with van der Waals surface area (Å²) in [5.41, 5.74) is 2.00. The Kier molecular flexibility index (Phi) is 6.12. The van der Waals surface area contributed by atoms with Gasteiger partial charge in [0.05, 0.1) is 6.54 Å². The molecule has 23 heavy (non-hydrogen) atoms. The van der Waals surface area contributed by atoms with Gasteiger partial charge in [0, 0.05) is 45.3 Å². The molecule has 6 nitrogen and oxygen atoms in total. The number of carbonyl (C=O) groups excluding carboxylic acids is 2. The minimum atomic E-state index is -0.0118. The fourth-order valence-corrected chi connectivity index (χ4v) is 2.71. The third kappa shape index (κ3) is 5.65. The van der Waals surface area contributed by atoms with Crippen LogP contribution in [0.5, 0.6) is 0 Å². The van der Waals surface area contributed by atoms with E-state index in [0.29, 0.717) is 6.54 Å². The summed E-state index contributed by atoms with van der Waals surface area (Å²) in [6, 6.07) is 7.96. The maximum Gasteiger partial charge on any atom is 0.238 e. The van der Waals surface area contributed by atoms with Crippen LogP contribution in [0.3, 0.4) is 0 Å². The zero-order valence-electron chi connectivity index (χ0n) is 14.2. The van der Waals surface area contributed by atoms with Crippen molar-refractivity contribution in [2.75, 3.05) is 52.1 Å². The fourth-order valence-electron chi connectivity index (χ4n) is 2.71. The van der Waals surface area contributed by atoms with Crippen molar-refractivity contribution in [3.63, 3.8) is 0 Å². The Morgan fingerprint density at radius 2 is 1.87 bits per heavy atom. The van der Waals surface area contributed by atoms with E-state index in [1.807, 2.05) is 42.1 Å². The lowest BCUT2D eigenvalue weighted by Crippen LogP contribution is -2.47. The molecule has 1 fully saturated rings. The summed E-state index contributed by atoms with van der Waals surface area (Å²) >= 11 is 0. The van der Waals surface area contributed by atoms with Crippen molar-refractivity contribution in [2.45, 2.75) is 13.5 Å². The Labute approximate surface area is 138 Å². The van der Waals surface area contributed by atoms with Crippen LogP contribution in [-0.4, -0.2) is 73.3 Å². The maximum absolute atomic E-state index is 11.8. The molecule has 1 N–H and O–H groups in total. The molecule has 0 spiro atoms. The van der Waals surface area contributed by atoms with E-state index in [-0.39, 0.29) is 11.8 Å². The van der Waals surface area contributed by atoms with E-state index in [1.54, 1.807) is 6.92 Å². The highest BCUT2D eigenvalue weighted by molar-refractivity contribution is 5.92. The van der Waals surface area contributed by atoms with Gasteiger partial charge in [-0.1, -0.05) is 12.1 Å². The molecule has 1 heterocycles. The molecule has 0 unspecified atom stereocenters. The molecule has 0 atom stereocenters. The second-order valence-corrected chi connectivity index (χ2v) is 6.27. The monoisotopic (exact) mass is 318 g/mol. The molecule has 1 aromatic rings. The van der Waals surface area contributed by atoms with Gasteiger partial charge in [-0.3, -0.25) is 14.5 Å². The summed E-state index contributed by atoms with van der Waals surface area (Å²) in [5.74, 6) is 0.137. The van der Waals surface area contributed by atoms with Crippen LogP contribution < -0.4 is 5.32 Å². The van der Waals surface area contributed by atoms with E-state index < -0.39 is 0 Å². The minimum absolute atomic E-state index is 0.0118. The lowest BCUT2D eigenvalue weighted by Gasteiger charge is -2.34. The smallest absolute Gasteiger partial charge is 0.238 e. The van der Waals surface area contributed by atoms with E-state index in [4.69, 9.17) is 0 Å². The molecule has 0 aromatic heterocycles. The second kappa shape index (κ2) is 8.08. The molecule has 126 valence electrons. The predicted molar refractivity (Wildman–Crippen MR) is 91.2 cm³/mol. The maximum atomic E-state index is 11.8. The Balaban J connectivity index is 1.88. The van der Waals surface area contributed by atoms with E-state index in [1.165, 1.54) is 5.56 Å². The normalized spacial score (nSPS) is 15.7. The number of hydrogen-bond acceptors (Lipinski definition) is 4. The van der Waals surface area contributed by atoms with Gasteiger partial charge in [-0.2, -0.15) is 0 Å². The Hall–Kier alpha value is -1.92. The third-order valence-electron chi connectivity index (χ3n) is 3.89. The summed E-state index contributed by atoms with van der Waals surface area (Å²) in [6.45, 7) is 6.17. The average Bonchev–Trinajstić information content (AvgIpc) is 2.47. The number of rotatable bonds is 5. The zero-order chi connectivity index (χ0) is 16.8. The predicted octanol–water partition coefficient (Wildman–Crippen LogP) is 0.851. The van der Waals surface area contributed by atoms with Gasteiger partial charge in [-0.15, -0.1) is 0 Å². The standard InChI is InChI=1S/C17H26N4O2/c1-14(22)21-9-7-20(8-10-21)12-15-5-4-6-16(11-15)18-17(23)13-19(2)3/h4-6,11H,7-10,12-13H2,1-3H3,(H,18,23). The first-order valence-corrected chi connectivity index (χ1v) is 7.95. The van der Waals surface area contributed by atoms with Crippen LogP contribution in [0.2, 0.25) is 0 Å². The number of amides is 2. The van der Waals surface area contributed by atoms with Gasteiger partial charge in [-0.25, -0.2) is 0 Å². The van der Waals surface area contributed by atoms with Crippen LogP contribution in [0.1, 0.15) is 12.5 Å². The molecule has 1 aromatic carbocycles. The van der Waals surface area contributed by atoms with Gasteiger partial charge in [0.2, 0.25) is 11.8 Å². The number of anilines is 1. The highest BCUT2D eigenvalue weighted by Crippen LogP contribution is 2.14. The molecule has 0 bridgehead atoms. The molecule has 6 heteroatoms. The third-order valence-corrected chi connectivity index (χ3v) is 3.89. The van der Waals surface area contributed by atoms with Crippen LogP contribution in [0, 0.1) is 0 Å². The molecule has 2 amide bonds. The molecule has 0 radical (unpaired) electrons. The quantitative estimate of drug-likeness (QED) is 0.874. The van der Waals surface area contributed by atoms with E-state index in [9.17, 15) is 9.59 Å². The van der Waals surface area contributed by atoms with Crippen LogP contribution in [-0.2, 0) is 16.1 Å². The van der Waals surface area contributed by atoms with Gasteiger partial charge in [0.15, 0.2) is 0 Å². The molecule has 0 saturated carbocycles. The summed E-state index contributed by atoms with van der Waals surface area (Å²) < 4.78 is 0. The summed E-state index contributed by atoms with van der Waals surface area (Å²) in [4.78, 5) is 29.2. The highest BCUT2D eigenvalue weighted by Gasteiger charge is 2.18. The number of hydrogen-bond donors (Lipinski definition) is 1. The molecular formula is C17H26N4O2. The number of benzene rings is 1. The van der Waals surface area contributed by atoms with Crippen molar-refractivity contribution in [1.82, 2.24) is 14.7 Å². The van der Waals surface area contributed by atoms with Gasteiger partial charge in [0.1, 0.15) is 0 Å². The van der Waals surface area contributed by atoms with Crippen LogP contribution in [0.4, 0.5) is 5.69 Å². The Morgan fingerprint density at radius 1 is 1.17 bits per heavy atom. The van der Waals surface area contributed by atoms with Crippen molar-refractivity contribution in [3.8, 4) is 0 Å². The lowest BCUT2D eigenvalue weighted by molar-refractivity contribution is -0.130. The zero-order valence-corrected chi connectivity index (χ0v) is 14.2. The Morgan fingerprint density at radius 3 is 2.48 bits per heavy atom.